The van der Waals surface area contributed by atoms with Crippen molar-refractivity contribution in [2.75, 3.05) is 18.6 Å². The van der Waals surface area contributed by atoms with E-state index >= 15 is 0 Å². The van der Waals surface area contributed by atoms with Crippen molar-refractivity contribution >= 4 is 11.5 Å². The minimum absolute atomic E-state index is 0.252. The predicted octanol–water partition coefficient (Wildman–Crippen LogP) is 2.61. The molecule has 4 N–H and O–H groups in total. The highest BCUT2D eigenvalue weighted by Crippen LogP contribution is 2.32. The monoisotopic (exact) mass is 259 g/mol. The lowest BCUT2D eigenvalue weighted by Gasteiger charge is -2.11. The van der Waals surface area contributed by atoms with Crippen LogP contribution < -0.4 is 20.9 Å². The molecule has 0 bridgehead atoms. The number of hydrogen-bond acceptors (Lipinski definition) is 5. The van der Waals surface area contributed by atoms with Crippen LogP contribution in [0.25, 0.3) is 0 Å². The summed E-state index contributed by atoms with van der Waals surface area (Å²) in [5.41, 5.74) is 12.9. The molecule has 0 aliphatic heterocycles. The number of nitrogens with zero attached hydrogens (tertiary/aromatic N) is 1. The maximum atomic E-state index is 5.66. The summed E-state index contributed by atoms with van der Waals surface area (Å²) in [6, 6.07) is 9.10. The summed E-state index contributed by atoms with van der Waals surface area (Å²) >= 11 is 0. The molecule has 2 rings (SSSR count). The second-order valence-electron chi connectivity index (χ2n) is 4.06. The van der Waals surface area contributed by atoms with E-state index < -0.39 is 0 Å². The molecule has 0 radical (unpaired) electrons. The molecule has 1 aromatic carbocycles. The molecule has 0 unspecified atom stereocenters. The second-order valence-corrected chi connectivity index (χ2v) is 4.06. The lowest BCUT2D eigenvalue weighted by molar-refractivity contribution is 0.374. The van der Waals surface area contributed by atoms with Crippen molar-refractivity contribution in [3.63, 3.8) is 0 Å². The number of nitrogen functional groups attached to an aromatic ring is 2. The molecule has 0 atom stereocenters. The number of pyridine rings is 1. The van der Waals surface area contributed by atoms with Crippen molar-refractivity contribution in [1.29, 1.82) is 0 Å². The molecule has 100 valence electrons. The van der Waals surface area contributed by atoms with E-state index in [0.29, 0.717) is 23.1 Å². The van der Waals surface area contributed by atoms with Crippen LogP contribution in [0.4, 0.5) is 11.5 Å². The number of aryl methyl sites for hydroxylation is 1. The lowest BCUT2D eigenvalue weighted by atomic mass is 10.1. The molecule has 1 aromatic heterocycles. The van der Waals surface area contributed by atoms with Gasteiger partial charge in [0, 0.05) is 6.07 Å². The Hall–Kier alpha value is -2.43. The van der Waals surface area contributed by atoms with Gasteiger partial charge in [-0.15, -0.1) is 0 Å². The molecule has 0 amide bonds. The third-order valence-corrected chi connectivity index (χ3v) is 2.78. The molecule has 5 nitrogen and oxygen atoms in total. The maximum absolute atomic E-state index is 5.66. The largest absolute Gasteiger partial charge is 0.493 e. The Balaban J connectivity index is 2.29. The number of nitrogens with two attached hydrogens (primary N) is 2. The van der Waals surface area contributed by atoms with Gasteiger partial charge in [0.25, 0.3) is 0 Å². The van der Waals surface area contributed by atoms with E-state index in [1.165, 1.54) is 5.56 Å². The number of benzene rings is 1. The first-order chi connectivity index (χ1) is 9.13. The van der Waals surface area contributed by atoms with Gasteiger partial charge in [0.15, 0.2) is 17.3 Å². The van der Waals surface area contributed by atoms with Crippen molar-refractivity contribution in [3.8, 4) is 17.4 Å². The number of aromatic nitrogens is 1. The Kier molecular flexibility index (Phi) is 3.75. The summed E-state index contributed by atoms with van der Waals surface area (Å²) in [6.07, 6.45) is 0.934. The van der Waals surface area contributed by atoms with E-state index in [1.807, 2.05) is 18.2 Å². The van der Waals surface area contributed by atoms with Crippen LogP contribution in [0.5, 0.6) is 17.4 Å². The maximum Gasteiger partial charge on any atom is 0.221 e. The SMILES string of the molecule is CCc1ccc(Oc2ccc(N)c(N)n2)c(OC)c1. The first-order valence-electron chi connectivity index (χ1n) is 6.00. The van der Waals surface area contributed by atoms with Crippen LogP contribution in [-0.4, -0.2) is 12.1 Å². The summed E-state index contributed by atoms with van der Waals surface area (Å²) in [5.74, 6) is 1.89. The quantitative estimate of drug-likeness (QED) is 0.881. The van der Waals surface area contributed by atoms with Crippen LogP contribution in [0.15, 0.2) is 30.3 Å². The van der Waals surface area contributed by atoms with Gasteiger partial charge >= 0.3 is 0 Å². The Morgan fingerprint density at radius 2 is 1.89 bits per heavy atom. The van der Waals surface area contributed by atoms with Crippen LogP contribution in [0.2, 0.25) is 0 Å². The predicted molar refractivity (Wildman–Crippen MR) is 75.5 cm³/mol. The van der Waals surface area contributed by atoms with E-state index in [-0.39, 0.29) is 5.82 Å². The third kappa shape index (κ3) is 2.88. The van der Waals surface area contributed by atoms with Crippen LogP contribution >= 0.6 is 0 Å². The zero-order valence-corrected chi connectivity index (χ0v) is 11.0. The molecule has 2 aromatic rings. The molecule has 0 aliphatic carbocycles. The van der Waals surface area contributed by atoms with E-state index in [2.05, 4.69) is 11.9 Å². The summed E-state index contributed by atoms with van der Waals surface area (Å²) in [7, 11) is 1.60. The number of hydrogen-bond donors (Lipinski definition) is 2. The van der Waals surface area contributed by atoms with Gasteiger partial charge in [-0.2, -0.15) is 4.98 Å². The van der Waals surface area contributed by atoms with Crippen LogP contribution in [0, 0.1) is 0 Å². The van der Waals surface area contributed by atoms with Crippen molar-refractivity contribution < 1.29 is 9.47 Å². The number of methoxy groups -OCH3 is 1. The number of ether oxygens (including phenoxy) is 2. The summed E-state index contributed by atoms with van der Waals surface area (Å²) < 4.78 is 11.0. The van der Waals surface area contributed by atoms with Gasteiger partial charge < -0.3 is 20.9 Å². The summed E-state index contributed by atoms with van der Waals surface area (Å²) in [4.78, 5) is 4.06. The highest BCUT2D eigenvalue weighted by atomic mass is 16.5. The van der Waals surface area contributed by atoms with E-state index in [0.717, 1.165) is 6.42 Å². The molecule has 1 heterocycles. The smallest absolute Gasteiger partial charge is 0.221 e. The minimum atomic E-state index is 0.252. The molecular formula is C14H17N3O2. The fourth-order valence-corrected chi connectivity index (χ4v) is 1.65. The Morgan fingerprint density at radius 1 is 1.11 bits per heavy atom. The van der Waals surface area contributed by atoms with E-state index in [9.17, 15) is 0 Å². The van der Waals surface area contributed by atoms with Crippen LogP contribution in [0.1, 0.15) is 12.5 Å². The van der Waals surface area contributed by atoms with Crippen molar-refractivity contribution in [2.24, 2.45) is 0 Å². The molecule has 5 heteroatoms. The third-order valence-electron chi connectivity index (χ3n) is 2.78. The first-order valence-corrected chi connectivity index (χ1v) is 6.00. The van der Waals surface area contributed by atoms with Gasteiger partial charge in [0.2, 0.25) is 5.88 Å². The van der Waals surface area contributed by atoms with Crippen molar-refractivity contribution in [2.45, 2.75) is 13.3 Å². The van der Waals surface area contributed by atoms with E-state index in [1.54, 1.807) is 19.2 Å². The van der Waals surface area contributed by atoms with Gasteiger partial charge in [0.1, 0.15) is 0 Å². The van der Waals surface area contributed by atoms with Gasteiger partial charge in [-0.25, -0.2) is 0 Å². The average molecular weight is 259 g/mol. The summed E-state index contributed by atoms with van der Waals surface area (Å²) in [5, 5.41) is 0. The number of anilines is 2. The second kappa shape index (κ2) is 5.48. The molecule has 0 fully saturated rings. The molecule has 0 aliphatic rings. The zero-order valence-electron chi connectivity index (χ0n) is 11.0. The standard InChI is InChI=1S/C14H17N3O2/c1-3-9-4-6-11(12(8-9)18-2)19-13-7-5-10(15)14(16)17-13/h4-8H,3,15H2,1-2H3,(H2,16,17). The molecule has 0 saturated heterocycles. The molecule has 19 heavy (non-hydrogen) atoms. The Labute approximate surface area is 112 Å². The summed E-state index contributed by atoms with van der Waals surface area (Å²) in [6.45, 7) is 2.08. The van der Waals surface area contributed by atoms with Crippen molar-refractivity contribution in [3.05, 3.63) is 35.9 Å². The average Bonchev–Trinajstić information content (AvgIpc) is 2.43. The van der Waals surface area contributed by atoms with Crippen LogP contribution in [-0.2, 0) is 6.42 Å². The topological polar surface area (TPSA) is 83.4 Å². The normalized spacial score (nSPS) is 10.2. The van der Waals surface area contributed by atoms with Gasteiger partial charge in [-0.3, -0.25) is 0 Å². The lowest BCUT2D eigenvalue weighted by Crippen LogP contribution is -1.99. The van der Waals surface area contributed by atoms with Crippen LogP contribution in [0.3, 0.4) is 0 Å². The highest BCUT2D eigenvalue weighted by molar-refractivity contribution is 5.59. The highest BCUT2D eigenvalue weighted by Gasteiger charge is 2.08. The fraction of sp³-hybridized carbons (Fsp3) is 0.214. The van der Waals surface area contributed by atoms with Crippen molar-refractivity contribution in [1.82, 2.24) is 4.98 Å². The molecule has 0 saturated carbocycles. The van der Waals surface area contributed by atoms with E-state index in [4.69, 9.17) is 20.9 Å². The number of rotatable bonds is 4. The zero-order chi connectivity index (χ0) is 13.8. The molecule has 0 spiro atoms. The Bertz CT molecular complexity index is 585. The van der Waals surface area contributed by atoms with Gasteiger partial charge in [-0.05, 0) is 30.2 Å². The first kappa shape index (κ1) is 13.0. The molecular weight excluding hydrogens is 242 g/mol. The Morgan fingerprint density at radius 3 is 2.53 bits per heavy atom. The minimum Gasteiger partial charge on any atom is -0.493 e. The fourth-order valence-electron chi connectivity index (χ4n) is 1.65. The van der Waals surface area contributed by atoms with Gasteiger partial charge in [0.05, 0.1) is 12.8 Å². The van der Waals surface area contributed by atoms with Gasteiger partial charge in [-0.1, -0.05) is 13.0 Å².